The van der Waals surface area contributed by atoms with Gasteiger partial charge in [-0.2, -0.15) is 0 Å². The molecule has 2 aliphatic heterocycles. The number of nitrogens with one attached hydrogen (secondary N) is 1. The fourth-order valence-electron chi connectivity index (χ4n) is 3.92. The molecule has 2 aromatic rings. The van der Waals surface area contributed by atoms with Gasteiger partial charge in [-0.1, -0.05) is 12.1 Å². The largest absolute Gasteiger partial charge is 0.384 e. The number of likely N-dealkylation sites (tertiary alicyclic amines) is 1. The van der Waals surface area contributed by atoms with E-state index in [0.717, 1.165) is 39.3 Å². The third-order valence-corrected chi connectivity index (χ3v) is 5.03. The molecule has 2 aliphatic rings. The summed E-state index contributed by atoms with van der Waals surface area (Å²) in [5, 5.41) is 1.33. The summed E-state index contributed by atoms with van der Waals surface area (Å²) in [6.45, 7) is 4.76. The summed E-state index contributed by atoms with van der Waals surface area (Å²) in [5.41, 5.74) is 2.67. The highest BCUT2D eigenvalue weighted by molar-refractivity contribution is 5.82. The van der Waals surface area contributed by atoms with Crippen LogP contribution in [0.15, 0.2) is 30.5 Å². The molecule has 112 valence electrons. The quantitative estimate of drug-likeness (QED) is 0.938. The van der Waals surface area contributed by atoms with E-state index in [9.17, 15) is 0 Å². The van der Waals surface area contributed by atoms with Crippen molar-refractivity contribution in [2.75, 3.05) is 33.4 Å². The number of aromatic amines is 1. The molecule has 0 bridgehead atoms. The summed E-state index contributed by atoms with van der Waals surface area (Å²) in [6, 6.07) is 8.65. The molecule has 4 nitrogen and oxygen atoms in total. The van der Waals surface area contributed by atoms with Crippen LogP contribution in [0, 0.1) is 5.92 Å². The predicted molar refractivity (Wildman–Crippen MR) is 82.2 cm³/mol. The van der Waals surface area contributed by atoms with Crippen LogP contribution in [-0.4, -0.2) is 48.9 Å². The van der Waals surface area contributed by atoms with E-state index in [-0.39, 0.29) is 5.60 Å². The maximum Gasteiger partial charge on any atom is 0.0985 e. The van der Waals surface area contributed by atoms with Gasteiger partial charge in [0.1, 0.15) is 0 Å². The first-order chi connectivity index (χ1) is 10.3. The minimum absolute atomic E-state index is 0.0576. The number of nitrogens with zero attached hydrogens (tertiary/aromatic N) is 1. The molecule has 0 amide bonds. The Morgan fingerprint density at radius 3 is 3.14 bits per heavy atom. The lowest BCUT2D eigenvalue weighted by Gasteiger charge is -2.50. The maximum absolute atomic E-state index is 6.05. The molecule has 0 radical (unpaired) electrons. The molecule has 1 aromatic carbocycles. The molecule has 1 unspecified atom stereocenters. The Hall–Kier alpha value is -1.36. The highest BCUT2D eigenvalue weighted by atomic mass is 16.5. The van der Waals surface area contributed by atoms with Crippen molar-refractivity contribution in [1.29, 1.82) is 0 Å². The van der Waals surface area contributed by atoms with Gasteiger partial charge < -0.3 is 14.5 Å². The van der Waals surface area contributed by atoms with E-state index in [1.807, 2.05) is 6.20 Å². The van der Waals surface area contributed by atoms with Crippen LogP contribution in [0.2, 0.25) is 0 Å². The van der Waals surface area contributed by atoms with E-state index in [1.165, 1.54) is 16.5 Å². The van der Waals surface area contributed by atoms with Crippen molar-refractivity contribution in [2.45, 2.75) is 18.6 Å². The molecule has 3 heterocycles. The number of benzene rings is 1. The third kappa shape index (κ3) is 2.18. The molecule has 2 saturated heterocycles. The Morgan fingerprint density at radius 2 is 2.29 bits per heavy atom. The SMILES string of the molecule is COCC1CCOC12CN(Cc1cccc3[nH]ccc13)C2. The van der Waals surface area contributed by atoms with Gasteiger partial charge in [0.2, 0.25) is 0 Å². The van der Waals surface area contributed by atoms with Crippen molar-refractivity contribution in [2.24, 2.45) is 5.92 Å². The van der Waals surface area contributed by atoms with Crippen LogP contribution in [0.4, 0.5) is 0 Å². The van der Waals surface area contributed by atoms with Gasteiger partial charge in [-0.25, -0.2) is 0 Å². The molecule has 1 aromatic heterocycles. The second-order valence-electron chi connectivity index (χ2n) is 6.36. The Morgan fingerprint density at radius 1 is 1.38 bits per heavy atom. The van der Waals surface area contributed by atoms with Crippen molar-refractivity contribution < 1.29 is 9.47 Å². The zero-order valence-electron chi connectivity index (χ0n) is 12.5. The first-order valence-electron chi connectivity index (χ1n) is 7.71. The lowest BCUT2D eigenvalue weighted by molar-refractivity contribution is -0.143. The topological polar surface area (TPSA) is 37.5 Å². The van der Waals surface area contributed by atoms with E-state index in [0.29, 0.717) is 5.92 Å². The molecule has 1 N–H and O–H groups in total. The summed E-state index contributed by atoms with van der Waals surface area (Å²) >= 11 is 0. The minimum atomic E-state index is 0.0576. The molecule has 4 heteroatoms. The average molecular weight is 286 g/mol. The molecule has 1 spiro atoms. The highest BCUT2D eigenvalue weighted by Crippen LogP contribution is 2.40. The summed E-state index contributed by atoms with van der Waals surface area (Å²) in [6.07, 6.45) is 3.15. The molecule has 0 saturated carbocycles. The van der Waals surface area contributed by atoms with Crippen LogP contribution in [0.3, 0.4) is 0 Å². The number of methoxy groups -OCH3 is 1. The summed E-state index contributed by atoms with van der Waals surface area (Å²) in [7, 11) is 1.79. The predicted octanol–water partition coefficient (Wildman–Crippen LogP) is 2.41. The van der Waals surface area contributed by atoms with Gasteiger partial charge in [0.05, 0.1) is 12.2 Å². The maximum atomic E-state index is 6.05. The van der Waals surface area contributed by atoms with E-state index in [2.05, 4.69) is 34.1 Å². The van der Waals surface area contributed by atoms with E-state index in [4.69, 9.17) is 9.47 Å². The number of ether oxygens (including phenoxy) is 2. The number of fused-ring (bicyclic) bond motifs is 1. The summed E-state index contributed by atoms with van der Waals surface area (Å²) in [4.78, 5) is 5.76. The van der Waals surface area contributed by atoms with Crippen molar-refractivity contribution in [3.63, 3.8) is 0 Å². The second-order valence-corrected chi connectivity index (χ2v) is 6.36. The smallest absolute Gasteiger partial charge is 0.0985 e. The zero-order chi connectivity index (χ0) is 14.3. The molecular formula is C17H22N2O2. The van der Waals surface area contributed by atoms with Gasteiger partial charge in [-0.05, 0) is 24.1 Å². The standard InChI is InChI=1S/C17H22N2O2/c1-20-10-14-6-8-21-17(14)11-19(12-17)9-13-3-2-4-16-15(13)5-7-18-16/h2-5,7,14,18H,6,8-12H2,1H3. The lowest BCUT2D eigenvalue weighted by atomic mass is 9.81. The van der Waals surface area contributed by atoms with Crippen LogP contribution >= 0.6 is 0 Å². The van der Waals surface area contributed by atoms with Crippen molar-refractivity contribution in [3.8, 4) is 0 Å². The van der Waals surface area contributed by atoms with Gasteiger partial charge in [-0.15, -0.1) is 0 Å². The second kappa shape index (κ2) is 5.13. The highest BCUT2D eigenvalue weighted by Gasteiger charge is 2.52. The molecule has 0 aliphatic carbocycles. The number of hydrogen-bond acceptors (Lipinski definition) is 3. The Labute approximate surface area is 125 Å². The van der Waals surface area contributed by atoms with Crippen molar-refractivity contribution in [1.82, 2.24) is 9.88 Å². The van der Waals surface area contributed by atoms with E-state index >= 15 is 0 Å². The molecule has 21 heavy (non-hydrogen) atoms. The third-order valence-electron chi connectivity index (χ3n) is 5.03. The number of aromatic nitrogens is 1. The molecule has 4 rings (SSSR count). The Bertz CT molecular complexity index is 631. The van der Waals surface area contributed by atoms with Gasteiger partial charge in [-0.3, -0.25) is 4.90 Å². The van der Waals surface area contributed by atoms with E-state index < -0.39 is 0 Å². The summed E-state index contributed by atoms with van der Waals surface area (Å²) in [5.74, 6) is 0.557. The Balaban J connectivity index is 1.45. The Kier molecular flexibility index (Phi) is 3.25. The summed E-state index contributed by atoms with van der Waals surface area (Å²) < 4.78 is 11.4. The zero-order valence-corrected chi connectivity index (χ0v) is 12.5. The monoisotopic (exact) mass is 286 g/mol. The van der Waals surface area contributed by atoms with Crippen LogP contribution in [-0.2, 0) is 16.0 Å². The van der Waals surface area contributed by atoms with E-state index in [1.54, 1.807) is 7.11 Å². The van der Waals surface area contributed by atoms with Gasteiger partial charge in [0.15, 0.2) is 0 Å². The van der Waals surface area contributed by atoms with Crippen LogP contribution in [0.25, 0.3) is 10.9 Å². The van der Waals surface area contributed by atoms with Crippen molar-refractivity contribution in [3.05, 3.63) is 36.0 Å². The van der Waals surface area contributed by atoms with Gasteiger partial charge >= 0.3 is 0 Å². The van der Waals surface area contributed by atoms with Gasteiger partial charge in [0, 0.05) is 56.4 Å². The van der Waals surface area contributed by atoms with Gasteiger partial charge in [0.25, 0.3) is 0 Å². The molecular weight excluding hydrogens is 264 g/mol. The first-order valence-corrected chi connectivity index (χ1v) is 7.71. The van der Waals surface area contributed by atoms with Crippen LogP contribution in [0.5, 0.6) is 0 Å². The molecule has 1 atom stereocenters. The van der Waals surface area contributed by atoms with Crippen molar-refractivity contribution >= 4 is 10.9 Å². The number of rotatable bonds is 4. The fraction of sp³-hybridized carbons (Fsp3) is 0.529. The number of hydrogen-bond donors (Lipinski definition) is 1. The minimum Gasteiger partial charge on any atom is -0.384 e. The lowest BCUT2D eigenvalue weighted by Crippen LogP contribution is -2.64. The normalized spacial score (nSPS) is 24.7. The van der Waals surface area contributed by atoms with Crippen LogP contribution < -0.4 is 0 Å². The average Bonchev–Trinajstić information content (AvgIpc) is 3.06. The fourth-order valence-corrected chi connectivity index (χ4v) is 3.92. The van der Waals surface area contributed by atoms with Crippen LogP contribution in [0.1, 0.15) is 12.0 Å². The first kappa shape index (κ1) is 13.3. The molecule has 2 fully saturated rings. The number of H-pyrrole nitrogens is 1.